The molecule has 0 bridgehead atoms. The largest absolute Gasteiger partial charge is 0.394 e. The zero-order valence-electron chi connectivity index (χ0n) is 10.5. The summed E-state index contributed by atoms with van der Waals surface area (Å²) in [6.45, 7) is 1.11. The minimum Gasteiger partial charge on any atom is -0.394 e. The van der Waals surface area contributed by atoms with E-state index in [0.717, 1.165) is 38.6 Å². The molecular weight excluding hydrogens is 216 g/mol. The lowest BCUT2D eigenvalue weighted by Gasteiger charge is -2.36. The number of carbonyl (C=O) groups excluding carboxylic acids is 1. The third-order valence-corrected chi connectivity index (χ3v) is 4.11. The predicted octanol–water partition coefficient (Wildman–Crippen LogP) is 0.940. The molecule has 1 saturated carbocycles. The molecule has 0 aromatic heterocycles. The summed E-state index contributed by atoms with van der Waals surface area (Å²) < 4.78 is 0. The second kappa shape index (κ2) is 5.83. The van der Waals surface area contributed by atoms with Gasteiger partial charge in [0.1, 0.15) is 0 Å². The number of amides is 1. The third-order valence-electron chi connectivity index (χ3n) is 4.11. The van der Waals surface area contributed by atoms with Crippen LogP contribution in [-0.4, -0.2) is 35.7 Å². The fourth-order valence-corrected chi connectivity index (χ4v) is 3.05. The van der Waals surface area contributed by atoms with Gasteiger partial charge >= 0.3 is 0 Å². The maximum absolute atomic E-state index is 12.0. The van der Waals surface area contributed by atoms with E-state index in [2.05, 4.69) is 10.6 Å². The van der Waals surface area contributed by atoms with Crippen molar-refractivity contribution < 1.29 is 9.90 Å². The maximum atomic E-state index is 12.0. The van der Waals surface area contributed by atoms with Crippen LogP contribution in [0.15, 0.2) is 0 Å². The van der Waals surface area contributed by atoms with Crippen LogP contribution in [0.4, 0.5) is 0 Å². The molecule has 4 nitrogen and oxygen atoms in total. The summed E-state index contributed by atoms with van der Waals surface area (Å²) >= 11 is 0. The van der Waals surface area contributed by atoms with Crippen LogP contribution in [0, 0.1) is 0 Å². The van der Waals surface area contributed by atoms with Gasteiger partial charge in [-0.25, -0.2) is 0 Å². The molecule has 1 heterocycles. The van der Waals surface area contributed by atoms with Crippen molar-refractivity contribution in [3.8, 4) is 0 Å². The Morgan fingerprint density at radius 2 is 2.06 bits per heavy atom. The van der Waals surface area contributed by atoms with Gasteiger partial charge in [0.05, 0.1) is 12.1 Å². The number of aliphatic hydroxyl groups is 1. The minimum absolute atomic E-state index is 0.0802. The highest BCUT2D eigenvalue weighted by atomic mass is 16.3. The zero-order valence-corrected chi connectivity index (χ0v) is 10.5. The Labute approximate surface area is 103 Å². The Morgan fingerprint density at radius 1 is 1.29 bits per heavy atom. The highest BCUT2D eigenvalue weighted by molar-refractivity contribution is 5.77. The van der Waals surface area contributed by atoms with E-state index in [-0.39, 0.29) is 18.1 Å². The van der Waals surface area contributed by atoms with Crippen molar-refractivity contribution in [2.75, 3.05) is 13.2 Å². The van der Waals surface area contributed by atoms with Gasteiger partial charge in [-0.3, -0.25) is 4.79 Å². The van der Waals surface area contributed by atoms with Crippen LogP contribution in [0.25, 0.3) is 0 Å². The monoisotopic (exact) mass is 240 g/mol. The average molecular weight is 240 g/mol. The van der Waals surface area contributed by atoms with Crippen LogP contribution in [0.5, 0.6) is 0 Å². The van der Waals surface area contributed by atoms with Gasteiger partial charge in [0.2, 0.25) is 5.91 Å². The Bertz CT molecular complexity index is 256. The van der Waals surface area contributed by atoms with Crippen molar-refractivity contribution in [2.24, 2.45) is 0 Å². The highest BCUT2D eigenvalue weighted by Gasteiger charge is 2.33. The number of hydrogen-bond donors (Lipinski definition) is 3. The summed E-state index contributed by atoms with van der Waals surface area (Å²) in [6, 6.07) is 0.342. The maximum Gasteiger partial charge on any atom is 0.222 e. The summed E-state index contributed by atoms with van der Waals surface area (Å²) in [7, 11) is 0. The Balaban J connectivity index is 1.82. The molecule has 1 aliphatic carbocycles. The molecule has 2 aliphatic rings. The highest BCUT2D eigenvalue weighted by Crippen LogP contribution is 2.28. The molecule has 3 N–H and O–H groups in total. The van der Waals surface area contributed by atoms with Gasteiger partial charge in [-0.2, -0.15) is 0 Å². The lowest BCUT2D eigenvalue weighted by atomic mass is 9.82. The fraction of sp³-hybridized carbons (Fsp3) is 0.923. The smallest absolute Gasteiger partial charge is 0.222 e. The van der Waals surface area contributed by atoms with Gasteiger partial charge in [0.15, 0.2) is 0 Å². The van der Waals surface area contributed by atoms with Crippen molar-refractivity contribution in [1.82, 2.24) is 10.6 Å². The lowest BCUT2D eigenvalue weighted by Crippen LogP contribution is -2.53. The lowest BCUT2D eigenvalue weighted by molar-refractivity contribution is -0.124. The molecule has 1 saturated heterocycles. The molecule has 2 fully saturated rings. The molecule has 0 aromatic carbocycles. The SMILES string of the molecule is O=C(CC1CCCN1)NC1(CO)CCCCC1. The first-order valence-corrected chi connectivity index (χ1v) is 6.89. The molecule has 17 heavy (non-hydrogen) atoms. The van der Waals surface area contributed by atoms with Crippen LogP contribution >= 0.6 is 0 Å². The quantitative estimate of drug-likeness (QED) is 0.685. The molecule has 2 rings (SSSR count). The summed E-state index contributed by atoms with van der Waals surface area (Å²) in [5.74, 6) is 0.0975. The number of hydrogen-bond acceptors (Lipinski definition) is 3. The van der Waals surface area contributed by atoms with Crippen molar-refractivity contribution in [3.63, 3.8) is 0 Å². The number of carbonyl (C=O) groups is 1. The molecule has 0 radical (unpaired) electrons. The normalized spacial score (nSPS) is 27.9. The molecule has 4 heteroatoms. The first kappa shape index (κ1) is 12.8. The minimum atomic E-state index is -0.325. The van der Waals surface area contributed by atoms with Crippen molar-refractivity contribution in [2.45, 2.75) is 62.9 Å². The van der Waals surface area contributed by atoms with Gasteiger partial charge in [-0.15, -0.1) is 0 Å². The van der Waals surface area contributed by atoms with Crippen molar-refractivity contribution >= 4 is 5.91 Å². The van der Waals surface area contributed by atoms with Gasteiger partial charge in [-0.05, 0) is 32.2 Å². The van der Waals surface area contributed by atoms with Gasteiger partial charge in [0.25, 0.3) is 0 Å². The first-order chi connectivity index (χ1) is 8.24. The standard InChI is InChI=1S/C13H24N2O2/c16-10-13(6-2-1-3-7-13)15-12(17)9-11-5-4-8-14-11/h11,14,16H,1-10H2,(H,15,17). The summed E-state index contributed by atoms with van der Waals surface area (Å²) in [6.07, 6.45) is 8.12. The molecule has 1 aliphatic heterocycles. The van der Waals surface area contributed by atoms with Crippen LogP contribution < -0.4 is 10.6 Å². The van der Waals surface area contributed by atoms with E-state index in [1.54, 1.807) is 0 Å². The Morgan fingerprint density at radius 3 is 2.65 bits per heavy atom. The number of nitrogens with one attached hydrogen (secondary N) is 2. The number of rotatable bonds is 4. The van der Waals surface area contributed by atoms with E-state index < -0.39 is 0 Å². The van der Waals surface area contributed by atoms with Crippen LogP contribution in [-0.2, 0) is 4.79 Å². The number of aliphatic hydroxyl groups excluding tert-OH is 1. The van der Waals surface area contributed by atoms with E-state index >= 15 is 0 Å². The van der Waals surface area contributed by atoms with Gasteiger partial charge in [-0.1, -0.05) is 19.3 Å². The summed E-state index contributed by atoms with van der Waals surface area (Å²) in [5.41, 5.74) is -0.325. The van der Waals surface area contributed by atoms with Crippen molar-refractivity contribution in [1.29, 1.82) is 0 Å². The second-order valence-corrected chi connectivity index (χ2v) is 5.54. The Kier molecular flexibility index (Phi) is 4.40. The van der Waals surface area contributed by atoms with E-state index in [9.17, 15) is 9.90 Å². The first-order valence-electron chi connectivity index (χ1n) is 6.89. The zero-order chi connectivity index (χ0) is 12.1. The molecular formula is C13H24N2O2. The van der Waals surface area contributed by atoms with Crippen LogP contribution in [0.2, 0.25) is 0 Å². The fourth-order valence-electron chi connectivity index (χ4n) is 3.05. The second-order valence-electron chi connectivity index (χ2n) is 5.54. The van der Waals surface area contributed by atoms with Crippen molar-refractivity contribution in [3.05, 3.63) is 0 Å². The predicted molar refractivity (Wildman–Crippen MR) is 66.7 cm³/mol. The van der Waals surface area contributed by atoms with Gasteiger partial charge < -0.3 is 15.7 Å². The van der Waals surface area contributed by atoms with Crippen LogP contribution in [0.3, 0.4) is 0 Å². The molecule has 98 valence electrons. The molecule has 1 unspecified atom stereocenters. The summed E-state index contributed by atoms with van der Waals surface area (Å²) in [4.78, 5) is 12.0. The van der Waals surface area contributed by atoms with Crippen LogP contribution in [0.1, 0.15) is 51.4 Å². The molecule has 0 aromatic rings. The van der Waals surface area contributed by atoms with E-state index in [1.165, 1.54) is 12.8 Å². The molecule has 1 atom stereocenters. The average Bonchev–Trinajstić information content (AvgIpc) is 2.83. The molecule has 0 spiro atoms. The topological polar surface area (TPSA) is 61.4 Å². The van der Waals surface area contributed by atoms with E-state index in [4.69, 9.17) is 0 Å². The summed E-state index contributed by atoms with van der Waals surface area (Å²) in [5, 5.41) is 15.9. The van der Waals surface area contributed by atoms with Gasteiger partial charge in [0, 0.05) is 12.5 Å². The van der Waals surface area contributed by atoms with E-state index in [1.807, 2.05) is 0 Å². The molecule has 1 amide bonds. The third kappa shape index (κ3) is 3.42. The van der Waals surface area contributed by atoms with E-state index in [0.29, 0.717) is 12.5 Å². The Hall–Kier alpha value is -0.610.